The van der Waals surface area contributed by atoms with Gasteiger partial charge in [0.15, 0.2) is 10.8 Å². The Bertz CT molecular complexity index is 1300. The van der Waals surface area contributed by atoms with Crippen molar-refractivity contribution in [3.8, 4) is 5.75 Å². The van der Waals surface area contributed by atoms with E-state index in [1.54, 1.807) is 18.2 Å². The monoisotopic (exact) mass is 508 g/mol. The Morgan fingerprint density at radius 3 is 2.72 bits per heavy atom. The van der Waals surface area contributed by atoms with Gasteiger partial charge in [-0.15, -0.1) is 11.3 Å². The Labute approximate surface area is 213 Å². The molecular formula is C25H28N6O4S. The van der Waals surface area contributed by atoms with Crippen LogP contribution in [0.15, 0.2) is 47.5 Å². The second-order valence-corrected chi connectivity index (χ2v) is 9.82. The van der Waals surface area contributed by atoms with Crippen LogP contribution >= 0.6 is 11.3 Å². The summed E-state index contributed by atoms with van der Waals surface area (Å²) in [6.45, 7) is 4.76. The van der Waals surface area contributed by atoms with Crippen LogP contribution in [0.1, 0.15) is 45.7 Å². The first-order valence-corrected chi connectivity index (χ1v) is 12.3. The smallest absolute Gasteiger partial charge is 0.284 e. The molecule has 2 aromatic carbocycles. The van der Waals surface area contributed by atoms with Crippen LogP contribution in [0.25, 0.3) is 0 Å². The van der Waals surface area contributed by atoms with Crippen molar-refractivity contribution in [3.63, 3.8) is 0 Å². The zero-order valence-electron chi connectivity index (χ0n) is 20.4. The third-order valence-electron chi connectivity index (χ3n) is 5.89. The molecule has 11 heteroatoms. The van der Waals surface area contributed by atoms with Gasteiger partial charge < -0.3 is 20.7 Å². The van der Waals surface area contributed by atoms with Gasteiger partial charge in [-0.25, -0.2) is 9.98 Å². The number of nitro groups is 1. The van der Waals surface area contributed by atoms with Crippen LogP contribution < -0.4 is 15.8 Å². The minimum Gasteiger partial charge on any atom is -0.497 e. The minimum atomic E-state index is -0.386. The number of amides is 1. The molecule has 4 rings (SSSR count). The summed E-state index contributed by atoms with van der Waals surface area (Å²) < 4.78 is 5.20. The van der Waals surface area contributed by atoms with E-state index in [4.69, 9.17) is 10.5 Å². The van der Waals surface area contributed by atoms with Gasteiger partial charge in [0, 0.05) is 28.8 Å². The number of hydrogen-bond acceptors (Lipinski definition) is 8. The molecule has 0 saturated heterocycles. The van der Waals surface area contributed by atoms with Crippen molar-refractivity contribution in [2.24, 2.45) is 4.99 Å². The number of benzene rings is 2. The Kier molecular flexibility index (Phi) is 7.49. The van der Waals surface area contributed by atoms with E-state index in [0.29, 0.717) is 59.1 Å². The molecule has 1 aliphatic rings. The van der Waals surface area contributed by atoms with Gasteiger partial charge in [-0.3, -0.25) is 14.9 Å². The first-order chi connectivity index (χ1) is 17.2. The maximum atomic E-state index is 12.9. The summed E-state index contributed by atoms with van der Waals surface area (Å²) in [7, 11) is 1.54. The second-order valence-electron chi connectivity index (χ2n) is 8.73. The summed E-state index contributed by atoms with van der Waals surface area (Å²) >= 11 is 1.27. The van der Waals surface area contributed by atoms with E-state index >= 15 is 0 Å². The molecule has 0 atom stereocenters. The lowest BCUT2D eigenvalue weighted by molar-refractivity contribution is -0.464. The summed E-state index contributed by atoms with van der Waals surface area (Å²) in [6.07, 6.45) is 0.559. The lowest BCUT2D eigenvalue weighted by Crippen LogP contribution is -2.39. The number of carbonyl (C=O) groups is 1. The summed E-state index contributed by atoms with van der Waals surface area (Å²) in [4.78, 5) is 35.8. The normalized spacial score (nSPS) is 13.4. The van der Waals surface area contributed by atoms with Crippen LogP contribution in [0.2, 0.25) is 0 Å². The molecule has 0 bridgehead atoms. The van der Waals surface area contributed by atoms with Crippen LogP contribution in [0.3, 0.4) is 0 Å². The molecule has 0 spiro atoms. The van der Waals surface area contributed by atoms with Crippen LogP contribution in [-0.4, -0.2) is 46.7 Å². The number of methoxy groups -OCH3 is 1. The lowest BCUT2D eigenvalue weighted by Gasteiger charge is -2.27. The van der Waals surface area contributed by atoms with E-state index in [2.05, 4.69) is 29.1 Å². The van der Waals surface area contributed by atoms with Crippen LogP contribution in [0.5, 0.6) is 5.75 Å². The zero-order chi connectivity index (χ0) is 25.8. The second kappa shape index (κ2) is 10.7. The van der Waals surface area contributed by atoms with Gasteiger partial charge in [-0.2, -0.15) is 0 Å². The van der Waals surface area contributed by atoms with Crippen molar-refractivity contribution < 1.29 is 14.5 Å². The average molecular weight is 509 g/mol. The number of nitrogens with two attached hydrogens (primary N) is 1. The molecule has 0 fully saturated rings. The number of aliphatic imine (C=N–C) groups is 1. The minimum absolute atomic E-state index is 0.307. The van der Waals surface area contributed by atoms with E-state index < -0.39 is 0 Å². The number of nitrogens with one attached hydrogen (secondary N) is 1. The van der Waals surface area contributed by atoms with E-state index in [9.17, 15) is 14.9 Å². The highest BCUT2D eigenvalue weighted by Crippen LogP contribution is 2.29. The highest BCUT2D eigenvalue weighted by Gasteiger charge is 2.27. The molecule has 1 amide bonds. The molecule has 0 unspecified atom stereocenters. The quantitative estimate of drug-likeness (QED) is 0.158. The van der Waals surface area contributed by atoms with E-state index in [1.165, 1.54) is 24.0 Å². The summed E-state index contributed by atoms with van der Waals surface area (Å²) in [5.41, 5.74) is 9.51. The molecule has 36 heavy (non-hydrogen) atoms. The number of amidine groups is 1. The fourth-order valence-corrected chi connectivity index (χ4v) is 4.88. The first kappa shape index (κ1) is 25.1. The van der Waals surface area contributed by atoms with Crippen LogP contribution in [0.4, 0.5) is 17.1 Å². The molecule has 1 aliphatic heterocycles. The number of anilines is 2. The third-order valence-corrected chi connectivity index (χ3v) is 6.97. The molecular weight excluding hydrogens is 480 g/mol. The lowest BCUT2D eigenvalue weighted by atomic mass is 10.0. The van der Waals surface area contributed by atoms with Gasteiger partial charge in [0.2, 0.25) is 0 Å². The molecule has 2 heterocycles. The number of carbonyl (C=O) groups excluding carboxylic acids is 1. The third kappa shape index (κ3) is 5.80. The maximum Gasteiger partial charge on any atom is 0.284 e. The van der Waals surface area contributed by atoms with E-state index in [1.807, 2.05) is 29.2 Å². The Morgan fingerprint density at radius 1 is 1.31 bits per heavy atom. The van der Waals surface area contributed by atoms with Gasteiger partial charge in [-0.1, -0.05) is 26.0 Å². The number of rotatable bonds is 7. The highest BCUT2D eigenvalue weighted by atomic mass is 32.1. The molecule has 0 radical (unpaired) electrons. The van der Waals surface area contributed by atoms with Gasteiger partial charge in [-0.05, 0) is 35.7 Å². The molecule has 1 aromatic heterocycles. The van der Waals surface area contributed by atoms with Crippen molar-refractivity contribution in [3.05, 3.63) is 73.7 Å². The zero-order valence-corrected chi connectivity index (χ0v) is 21.2. The fourth-order valence-electron chi connectivity index (χ4n) is 3.86. The average Bonchev–Trinajstić information content (AvgIpc) is 3.29. The Balaban J connectivity index is 1.52. The number of ether oxygens (including phenoxy) is 1. The molecule has 0 aliphatic carbocycles. The van der Waals surface area contributed by atoms with Crippen molar-refractivity contribution in [1.82, 2.24) is 9.88 Å². The summed E-state index contributed by atoms with van der Waals surface area (Å²) in [6, 6.07) is 12.8. The predicted octanol–water partition coefficient (Wildman–Crippen LogP) is 4.47. The van der Waals surface area contributed by atoms with E-state index in [-0.39, 0.29) is 17.4 Å². The van der Waals surface area contributed by atoms with Crippen LogP contribution in [0, 0.1) is 10.1 Å². The Morgan fingerprint density at radius 2 is 2.06 bits per heavy atom. The topological polar surface area (TPSA) is 136 Å². The highest BCUT2D eigenvalue weighted by molar-refractivity contribution is 7.13. The molecule has 188 valence electrons. The van der Waals surface area contributed by atoms with E-state index in [0.717, 1.165) is 10.6 Å². The van der Waals surface area contributed by atoms with Crippen molar-refractivity contribution in [2.45, 2.75) is 32.7 Å². The Hall–Kier alpha value is -3.99. The maximum absolute atomic E-state index is 12.9. The number of aromatic nitrogens is 1. The number of thiazole rings is 1. The van der Waals surface area contributed by atoms with Crippen molar-refractivity contribution in [2.75, 3.05) is 31.2 Å². The van der Waals surface area contributed by atoms with Crippen molar-refractivity contribution >= 4 is 40.1 Å². The summed E-state index contributed by atoms with van der Waals surface area (Å²) in [5, 5.41) is 14.5. The van der Waals surface area contributed by atoms with Gasteiger partial charge >= 0.3 is 0 Å². The predicted molar refractivity (Wildman–Crippen MR) is 141 cm³/mol. The molecule has 3 N–H and O–H groups in total. The fraction of sp³-hybridized carbons (Fsp3) is 0.320. The largest absolute Gasteiger partial charge is 0.497 e. The number of nitrogens with zero attached hydrogens (tertiary/aromatic N) is 4. The first-order valence-electron chi connectivity index (χ1n) is 11.5. The SMILES string of the molecule is COc1ccc(N)c(NC(=O)c2nc3c(s2)CN(C(C[N+](=O)[O-])=Nc2ccc(C(C)C)cc2)CC3)c1. The number of nitrogen functional groups attached to an aromatic ring is 1. The van der Waals surface area contributed by atoms with Gasteiger partial charge in [0.25, 0.3) is 12.5 Å². The standard InChI is InChI=1S/C25H28N6O4S/c1-15(2)16-4-6-17(7-5-16)27-23(14-31(33)34)30-11-10-20-22(13-30)36-25(29-20)24(32)28-21-12-18(35-3)8-9-19(21)26/h4-9,12,15H,10-11,13-14,26H2,1-3H3,(H,28,32). The summed E-state index contributed by atoms with van der Waals surface area (Å²) in [5.74, 6) is 0.974. The molecule has 3 aromatic rings. The number of hydrogen-bond donors (Lipinski definition) is 2. The van der Waals surface area contributed by atoms with Gasteiger partial charge in [0.05, 0.1) is 36.4 Å². The molecule has 10 nitrogen and oxygen atoms in total. The van der Waals surface area contributed by atoms with Crippen LogP contribution in [-0.2, 0) is 13.0 Å². The number of fused-ring (bicyclic) bond motifs is 1. The molecule has 0 saturated carbocycles. The van der Waals surface area contributed by atoms with Crippen molar-refractivity contribution in [1.29, 1.82) is 0 Å². The van der Waals surface area contributed by atoms with Gasteiger partial charge in [0.1, 0.15) is 5.75 Å².